The summed E-state index contributed by atoms with van der Waals surface area (Å²) in [4.78, 5) is 5.95. The van der Waals surface area contributed by atoms with Gasteiger partial charge in [0.2, 0.25) is 5.95 Å². The fraction of sp³-hybridized carbons (Fsp3) is 0.450. The Bertz CT molecular complexity index is 1080. The number of hydrogen-bond acceptors (Lipinski definition) is 5. The molecule has 31 heavy (non-hydrogen) atoms. The van der Waals surface area contributed by atoms with Gasteiger partial charge in [-0.2, -0.15) is 4.39 Å². The smallest absolute Gasteiger partial charge is 0.268 e. The molecule has 0 unspecified atom stereocenters. The minimum Gasteiger partial charge on any atom is -0.370 e. The Morgan fingerprint density at radius 3 is 2.65 bits per heavy atom. The summed E-state index contributed by atoms with van der Waals surface area (Å²) in [6.45, 7) is 4.06. The van der Waals surface area contributed by atoms with Crippen molar-refractivity contribution in [2.75, 3.05) is 43.4 Å². The number of nitrogens with zero attached hydrogens (tertiary/aromatic N) is 3. The normalized spacial score (nSPS) is 19.3. The third-order valence-corrected chi connectivity index (χ3v) is 7.13. The molecular formula is C20H24ClF3N4O2S. The maximum absolute atomic E-state index is 15.0. The summed E-state index contributed by atoms with van der Waals surface area (Å²) < 4.78 is 70.0. The third kappa shape index (κ3) is 5.24. The van der Waals surface area contributed by atoms with Gasteiger partial charge in [0.15, 0.2) is 10.7 Å². The number of anilines is 2. The lowest BCUT2D eigenvalue weighted by atomic mass is 9.86. The molecule has 0 bridgehead atoms. The average molecular weight is 477 g/mol. The maximum atomic E-state index is 15.0. The second kappa shape index (κ2) is 8.84. The van der Waals surface area contributed by atoms with E-state index < -0.39 is 43.3 Å². The Morgan fingerprint density at radius 2 is 2.00 bits per heavy atom. The van der Waals surface area contributed by atoms with E-state index in [2.05, 4.69) is 16.8 Å². The Kier molecular flexibility index (Phi) is 6.73. The zero-order valence-corrected chi connectivity index (χ0v) is 19.0. The van der Waals surface area contributed by atoms with Gasteiger partial charge in [0, 0.05) is 19.2 Å². The number of rotatable bonds is 7. The van der Waals surface area contributed by atoms with Gasteiger partial charge in [-0.25, -0.2) is 22.2 Å². The van der Waals surface area contributed by atoms with Gasteiger partial charge in [-0.15, -0.1) is 0 Å². The van der Waals surface area contributed by atoms with E-state index in [4.69, 9.17) is 11.6 Å². The van der Waals surface area contributed by atoms with E-state index in [1.54, 1.807) is 4.90 Å². The van der Waals surface area contributed by atoms with Crippen LogP contribution in [0.4, 0.5) is 24.7 Å². The molecule has 1 aliphatic heterocycles. The lowest BCUT2D eigenvalue weighted by molar-refractivity contribution is 0.276. The lowest BCUT2D eigenvalue weighted by Gasteiger charge is -2.27. The second-order valence-corrected chi connectivity index (χ2v) is 10.3. The number of hydrogen-bond donors (Lipinski definition) is 1. The number of aromatic nitrogens is 1. The predicted molar refractivity (Wildman–Crippen MR) is 114 cm³/mol. The zero-order chi connectivity index (χ0) is 23.0. The molecule has 2 heterocycles. The van der Waals surface area contributed by atoms with Crippen molar-refractivity contribution < 1.29 is 21.6 Å². The molecule has 0 radical (unpaired) electrons. The minimum absolute atomic E-state index is 0.0596. The highest BCUT2D eigenvalue weighted by molar-refractivity contribution is 7.92. The van der Waals surface area contributed by atoms with Gasteiger partial charge in [0.05, 0.1) is 5.69 Å². The first-order valence-corrected chi connectivity index (χ1v) is 11.5. The zero-order valence-electron chi connectivity index (χ0n) is 17.4. The van der Waals surface area contributed by atoms with Gasteiger partial charge in [0.25, 0.3) is 10.0 Å². The summed E-state index contributed by atoms with van der Waals surface area (Å²) in [6.07, 6.45) is 1.71. The first kappa shape index (κ1) is 23.6. The highest BCUT2D eigenvalue weighted by Gasteiger charge is 2.36. The summed E-state index contributed by atoms with van der Waals surface area (Å²) in [7, 11) is -0.780. The molecule has 1 aliphatic rings. The van der Waals surface area contributed by atoms with Crippen LogP contribution in [-0.4, -0.2) is 52.0 Å². The molecule has 0 aliphatic carbocycles. The van der Waals surface area contributed by atoms with E-state index in [-0.39, 0.29) is 11.1 Å². The van der Waals surface area contributed by atoms with Crippen LogP contribution in [0.5, 0.6) is 0 Å². The van der Waals surface area contributed by atoms with E-state index >= 15 is 0 Å². The van der Waals surface area contributed by atoms with Crippen LogP contribution in [0.15, 0.2) is 29.2 Å². The highest BCUT2D eigenvalue weighted by atomic mass is 35.5. The second-order valence-electron chi connectivity index (χ2n) is 8.32. The largest absolute Gasteiger partial charge is 0.370 e. The van der Waals surface area contributed by atoms with Crippen molar-refractivity contribution in [1.82, 2.24) is 9.88 Å². The fourth-order valence-electron chi connectivity index (χ4n) is 3.62. The van der Waals surface area contributed by atoms with Gasteiger partial charge in [-0.05, 0) is 51.0 Å². The summed E-state index contributed by atoms with van der Waals surface area (Å²) in [6, 6.07) is 4.30. The Labute approximate surface area is 185 Å². The highest BCUT2D eigenvalue weighted by Crippen LogP contribution is 2.41. The van der Waals surface area contributed by atoms with Crippen LogP contribution in [-0.2, 0) is 10.0 Å². The molecule has 1 N–H and O–H groups in total. The van der Waals surface area contributed by atoms with E-state index in [9.17, 15) is 21.6 Å². The summed E-state index contributed by atoms with van der Waals surface area (Å²) in [5, 5.41) is -0.481. The Morgan fingerprint density at radius 1 is 1.29 bits per heavy atom. The molecule has 3 rings (SSSR count). The van der Waals surface area contributed by atoms with Crippen LogP contribution >= 0.6 is 11.6 Å². The average Bonchev–Trinajstić information content (AvgIpc) is 3.05. The monoisotopic (exact) mass is 476 g/mol. The standard InChI is InChI=1S/C20H24ClF3N4O2S/c1-20(7-9-27(2)3)8-10-28(12-20)14-11-13(22)19(18(24)17(14)21)31(29,30)26-16-6-4-5-15(23)25-16/h4-6,11H,7-10,12H2,1-3H3,(H,25,26)/t20-/m1/s1. The van der Waals surface area contributed by atoms with Crippen molar-refractivity contribution in [3.63, 3.8) is 0 Å². The van der Waals surface area contributed by atoms with Crippen LogP contribution < -0.4 is 9.62 Å². The molecule has 0 spiro atoms. The van der Waals surface area contributed by atoms with Gasteiger partial charge in [0.1, 0.15) is 16.7 Å². The first-order valence-electron chi connectivity index (χ1n) is 9.64. The number of sulfonamides is 1. The van der Waals surface area contributed by atoms with Crippen LogP contribution in [0, 0.1) is 23.0 Å². The van der Waals surface area contributed by atoms with Crippen molar-refractivity contribution in [3.05, 3.63) is 46.9 Å². The van der Waals surface area contributed by atoms with Crippen molar-refractivity contribution in [2.45, 2.75) is 24.7 Å². The molecule has 0 amide bonds. The molecule has 1 aromatic heterocycles. The molecule has 1 aromatic carbocycles. The number of pyridine rings is 1. The lowest BCUT2D eigenvalue weighted by Crippen LogP contribution is -2.29. The Balaban J connectivity index is 1.89. The van der Waals surface area contributed by atoms with Gasteiger partial charge in [-0.3, -0.25) is 4.72 Å². The number of halogens is 4. The molecule has 1 fully saturated rings. The molecule has 1 saturated heterocycles. The van der Waals surface area contributed by atoms with E-state index in [0.29, 0.717) is 13.1 Å². The minimum atomic E-state index is -4.73. The quantitative estimate of drug-likeness (QED) is 0.481. The topological polar surface area (TPSA) is 65.5 Å². The van der Waals surface area contributed by atoms with Crippen molar-refractivity contribution >= 4 is 33.1 Å². The molecule has 1 atom stereocenters. The van der Waals surface area contributed by atoms with E-state index in [0.717, 1.165) is 37.6 Å². The molecule has 0 saturated carbocycles. The van der Waals surface area contributed by atoms with Crippen LogP contribution in [0.2, 0.25) is 5.02 Å². The fourth-order valence-corrected chi connectivity index (χ4v) is 5.09. The summed E-state index contributed by atoms with van der Waals surface area (Å²) >= 11 is 6.15. The van der Waals surface area contributed by atoms with Crippen molar-refractivity contribution in [3.8, 4) is 0 Å². The number of benzene rings is 1. The molecule has 6 nitrogen and oxygen atoms in total. The van der Waals surface area contributed by atoms with Crippen molar-refractivity contribution in [1.29, 1.82) is 0 Å². The third-order valence-electron chi connectivity index (χ3n) is 5.38. The van der Waals surface area contributed by atoms with Gasteiger partial charge >= 0.3 is 0 Å². The summed E-state index contributed by atoms with van der Waals surface area (Å²) in [5.41, 5.74) is 0.0451. The molecule has 2 aromatic rings. The molecular weight excluding hydrogens is 453 g/mol. The van der Waals surface area contributed by atoms with E-state index in [1.165, 1.54) is 6.07 Å². The maximum Gasteiger partial charge on any atom is 0.268 e. The number of nitrogens with one attached hydrogen (secondary N) is 1. The van der Waals surface area contributed by atoms with Crippen molar-refractivity contribution in [2.24, 2.45) is 5.41 Å². The van der Waals surface area contributed by atoms with Gasteiger partial charge in [-0.1, -0.05) is 24.6 Å². The van der Waals surface area contributed by atoms with Gasteiger partial charge < -0.3 is 9.80 Å². The first-order chi connectivity index (χ1) is 14.4. The SMILES string of the molecule is CN(C)CC[C@]1(C)CCN(c2cc(F)c(S(=O)(=O)Nc3cccc(F)n3)c(F)c2Cl)C1. The molecule has 11 heteroatoms. The van der Waals surface area contributed by atoms with Crippen LogP contribution in [0.25, 0.3) is 0 Å². The van der Waals surface area contributed by atoms with Crippen LogP contribution in [0.3, 0.4) is 0 Å². The summed E-state index contributed by atoms with van der Waals surface area (Å²) in [5.74, 6) is -4.04. The molecule has 170 valence electrons. The van der Waals surface area contributed by atoms with Crippen LogP contribution in [0.1, 0.15) is 19.8 Å². The van der Waals surface area contributed by atoms with E-state index in [1.807, 2.05) is 18.8 Å². The Hall–Kier alpha value is -2.04. The predicted octanol–water partition coefficient (Wildman–Crippen LogP) is 4.12.